The monoisotopic (exact) mass is 429 g/mol. The van der Waals surface area contributed by atoms with Crippen molar-refractivity contribution in [2.24, 2.45) is 11.8 Å². The number of imide groups is 1. The van der Waals surface area contributed by atoms with Crippen molar-refractivity contribution in [2.45, 2.75) is 11.8 Å². The molecule has 2 atom stereocenters. The van der Waals surface area contributed by atoms with Crippen LogP contribution in [-0.4, -0.2) is 11.8 Å². The Balaban J connectivity index is 1.59. The number of amides is 2. The lowest BCUT2D eigenvalue weighted by Gasteiger charge is -2.45. The molecule has 1 aliphatic heterocycles. The first-order valence-electron chi connectivity index (χ1n) is 9.48. The molecular formula is C24H16BrNO2. The maximum absolute atomic E-state index is 13.6. The van der Waals surface area contributed by atoms with Gasteiger partial charge in [0.15, 0.2) is 0 Å². The molecule has 3 nitrogen and oxygen atoms in total. The Labute approximate surface area is 171 Å². The molecule has 3 aliphatic carbocycles. The van der Waals surface area contributed by atoms with Crippen LogP contribution in [0.2, 0.25) is 0 Å². The Hall–Kier alpha value is -2.72. The molecule has 1 saturated heterocycles. The van der Waals surface area contributed by atoms with Gasteiger partial charge in [-0.15, -0.1) is 0 Å². The van der Waals surface area contributed by atoms with Gasteiger partial charge in [0.05, 0.1) is 17.5 Å². The quantitative estimate of drug-likeness (QED) is 0.518. The smallest absolute Gasteiger partial charge is 0.238 e. The fourth-order valence-electron chi connectivity index (χ4n) is 5.55. The van der Waals surface area contributed by atoms with Gasteiger partial charge in [-0.25, -0.2) is 4.90 Å². The number of rotatable bonds is 1. The number of benzene rings is 3. The van der Waals surface area contributed by atoms with Gasteiger partial charge in [0, 0.05) is 16.3 Å². The van der Waals surface area contributed by atoms with Crippen LogP contribution >= 0.6 is 15.9 Å². The van der Waals surface area contributed by atoms with Gasteiger partial charge in [0.2, 0.25) is 11.8 Å². The van der Waals surface area contributed by atoms with Gasteiger partial charge in [-0.1, -0.05) is 60.7 Å². The maximum Gasteiger partial charge on any atom is 0.238 e. The van der Waals surface area contributed by atoms with Crippen molar-refractivity contribution in [1.29, 1.82) is 0 Å². The van der Waals surface area contributed by atoms with E-state index in [1.165, 1.54) is 27.2 Å². The number of para-hydroxylation sites is 1. The van der Waals surface area contributed by atoms with Crippen LogP contribution in [0, 0.1) is 11.8 Å². The summed E-state index contributed by atoms with van der Waals surface area (Å²) in [7, 11) is 0. The molecule has 7 rings (SSSR count). The van der Waals surface area contributed by atoms with Crippen molar-refractivity contribution < 1.29 is 9.59 Å². The summed E-state index contributed by atoms with van der Waals surface area (Å²) in [6.07, 6.45) is 0. The first-order valence-corrected chi connectivity index (χ1v) is 10.3. The number of halogens is 1. The van der Waals surface area contributed by atoms with E-state index >= 15 is 0 Å². The largest absolute Gasteiger partial charge is 0.274 e. The van der Waals surface area contributed by atoms with Crippen LogP contribution in [-0.2, 0) is 9.59 Å². The van der Waals surface area contributed by atoms with E-state index in [4.69, 9.17) is 0 Å². The summed E-state index contributed by atoms with van der Waals surface area (Å²) in [6, 6.07) is 24.1. The summed E-state index contributed by atoms with van der Waals surface area (Å²) < 4.78 is 0.762. The molecule has 0 spiro atoms. The van der Waals surface area contributed by atoms with E-state index in [1.54, 1.807) is 0 Å². The zero-order valence-electron chi connectivity index (χ0n) is 14.9. The predicted molar refractivity (Wildman–Crippen MR) is 110 cm³/mol. The van der Waals surface area contributed by atoms with E-state index in [0.717, 1.165) is 4.47 Å². The molecule has 0 saturated carbocycles. The zero-order valence-corrected chi connectivity index (χ0v) is 16.5. The fourth-order valence-corrected chi connectivity index (χ4v) is 6.01. The van der Waals surface area contributed by atoms with Crippen LogP contribution < -0.4 is 4.90 Å². The third kappa shape index (κ3) is 1.89. The summed E-state index contributed by atoms with van der Waals surface area (Å²) in [5.41, 5.74) is 5.43. The van der Waals surface area contributed by atoms with Gasteiger partial charge in [-0.3, -0.25) is 9.59 Å². The van der Waals surface area contributed by atoms with Crippen molar-refractivity contribution in [3.8, 4) is 0 Å². The molecular weight excluding hydrogens is 414 g/mol. The van der Waals surface area contributed by atoms with E-state index in [2.05, 4.69) is 40.2 Å². The van der Waals surface area contributed by atoms with Crippen LogP contribution in [0.4, 0.5) is 5.69 Å². The number of carbonyl (C=O) groups is 2. The fraction of sp³-hybridized carbons (Fsp3) is 0.167. The Bertz CT molecular complexity index is 1060. The van der Waals surface area contributed by atoms with Gasteiger partial charge < -0.3 is 0 Å². The van der Waals surface area contributed by atoms with Crippen molar-refractivity contribution >= 4 is 33.4 Å². The molecule has 0 aromatic heterocycles. The lowest BCUT2D eigenvalue weighted by molar-refractivity contribution is -0.122. The molecule has 0 radical (unpaired) electrons. The minimum absolute atomic E-state index is 0.0636. The van der Waals surface area contributed by atoms with Crippen LogP contribution in [0.3, 0.4) is 0 Å². The molecule has 28 heavy (non-hydrogen) atoms. The van der Waals surface area contributed by atoms with Crippen LogP contribution in [0.1, 0.15) is 34.1 Å². The highest BCUT2D eigenvalue weighted by molar-refractivity contribution is 9.10. The van der Waals surface area contributed by atoms with E-state index in [1.807, 2.05) is 48.5 Å². The average Bonchev–Trinajstić information content (AvgIpc) is 2.99. The third-order valence-corrected chi connectivity index (χ3v) is 7.21. The van der Waals surface area contributed by atoms with Gasteiger partial charge in [-0.05, 0) is 50.3 Å². The van der Waals surface area contributed by atoms with Crippen LogP contribution in [0.5, 0.6) is 0 Å². The van der Waals surface area contributed by atoms with Crippen molar-refractivity contribution in [1.82, 2.24) is 0 Å². The average molecular weight is 430 g/mol. The third-order valence-electron chi connectivity index (χ3n) is 6.54. The second kappa shape index (κ2) is 5.65. The molecule has 3 aromatic carbocycles. The Kier molecular flexibility index (Phi) is 3.28. The highest BCUT2D eigenvalue weighted by Gasteiger charge is 2.61. The lowest BCUT2D eigenvalue weighted by atomic mass is 9.55. The molecule has 2 amide bonds. The van der Waals surface area contributed by atoms with Gasteiger partial charge >= 0.3 is 0 Å². The van der Waals surface area contributed by atoms with E-state index < -0.39 is 0 Å². The Morgan fingerprint density at radius 1 is 0.607 bits per heavy atom. The van der Waals surface area contributed by atoms with Gasteiger partial charge in [-0.2, -0.15) is 0 Å². The molecule has 3 aromatic rings. The molecule has 1 fully saturated rings. The SMILES string of the molecule is O=C1[C@@H]2C3c4ccccc4C(c4ccccc43)[C@H]2C(=O)N1c1ccccc1Br. The zero-order chi connectivity index (χ0) is 19.0. The highest BCUT2D eigenvalue weighted by Crippen LogP contribution is 2.61. The van der Waals surface area contributed by atoms with E-state index in [-0.39, 0.29) is 35.5 Å². The molecule has 4 aliphatic rings. The molecule has 4 heteroatoms. The maximum atomic E-state index is 13.6. The Morgan fingerprint density at radius 3 is 1.43 bits per heavy atom. The number of nitrogens with zero attached hydrogens (tertiary/aromatic N) is 1. The standard InChI is InChI=1S/C24H16BrNO2/c25-17-11-5-6-12-18(17)26-23(27)21-19-13-7-1-2-8-14(13)20(22(21)24(26)28)16-10-4-3-9-15(16)19/h1-12,19-22H/t19?,20?,21-,22-/m1/s1. The molecule has 1 heterocycles. The van der Waals surface area contributed by atoms with E-state index in [0.29, 0.717) is 5.69 Å². The molecule has 0 unspecified atom stereocenters. The topological polar surface area (TPSA) is 37.4 Å². The summed E-state index contributed by atoms with van der Waals surface area (Å²) in [4.78, 5) is 28.6. The summed E-state index contributed by atoms with van der Waals surface area (Å²) >= 11 is 3.52. The van der Waals surface area contributed by atoms with Gasteiger partial charge in [0.1, 0.15) is 0 Å². The number of anilines is 1. The highest BCUT2D eigenvalue weighted by atomic mass is 79.9. The first kappa shape index (κ1) is 16.3. The van der Waals surface area contributed by atoms with Crippen molar-refractivity contribution in [3.05, 3.63) is 99.5 Å². The Morgan fingerprint density at radius 2 is 1.00 bits per heavy atom. The van der Waals surface area contributed by atoms with Crippen LogP contribution in [0.25, 0.3) is 0 Å². The number of hydrogen-bond acceptors (Lipinski definition) is 2. The molecule has 136 valence electrons. The van der Waals surface area contributed by atoms with Crippen molar-refractivity contribution in [3.63, 3.8) is 0 Å². The van der Waals surface area contributed by atoms with E-state index in [9.17, 15) is 9.59 Å². The van der Waals surface area contributed by atoms with Crippen molar-refractivity contribution in [2.75, 3.05) is 4.90 Å². The van der Waals surface area contributed by atoms with Crippen LogP contribution in [0.15, 0.2) is 77.3 Å². The minimum Gasteiger partial charge on any atom is -0.274 e. The summed E-state index contributed by atoms with van der Waals surface area (Å²) in [5.74, 6) is -0.969. The minimum atomic E-state index is -0.339. The molecule has 2 bridgehead atoms. The predicted octanol–water partition coefficient (Wildman–Crippen LogP) is 4.85. The number of hydrogen-bond donors (Lipinski definition) is 0. The second-order valence-electron chi connectivity index (χ2n) is 7.73. The summed E-state index contributed by atoms with van der Waals surface area (Å²) in [6.45, 7) is 0. The first-order chi connectivity index (χ1) is 13.7. The number of carbonyl (C=O) groups excluding carboxylic acids is 2. The summed E-state index contributed by atoms with van der Waals surface area (Å²) in [5, 5.41) is 0. The normalized spacial score (nSPS) is 26.8. The second-order valence-corrected chi connectivity index (χ2v) is 8.58. The molecule has 0 N–H and O–H groups in total. The van der Waals surface area contributed by atoms with Gasteiger partial charge in [0.25, 0.3) is 0 Å². The lowest BCUT2D eigenvalue weighted by Crippen LogP contribution is -2.41.